The average molecular weight is 305 g/mol. The molecule has 0 aliphatic carbocycles. The molecule has 0 bridgehead atoms. The zero-order chi connectivity index (χ0) is 16.6. The summed E-state index contributed by atoms with van der Waals surface area (Å²) in [5, 5.41) is 11.6. The van der Waals surface area contributed by atoms with Gasteiger partial charge < -0.3 is 19.9 Å². The van der Waals surface area contributed by atoms with Crippen molar-refractivity contribution in [3.05, 3.63) is 35.9 Å². The smallest absolute Gasteiger partial charge is 0.330 e. The van der Waals surface area contributed by atoms with Gasteiger partial charge >= 0.3 is 5.97 Å². The Morgan fingerprint density at radius 2 is 1.95 bits per heavy atom. The van der Waals surface area contributed by atoms with Gasteiger partial charge in [-0.25, -0.2) is 4.79 Å². The summed E-state index contributed by atoms with van der Waals surface area (Å²) in [5.74, 6) is 3.98. The van der Waals surface area contributed by atoms with E-state index in [0.717, 1.165) is 0 Å². The first-order chi connectivity index (χ1) is 10.6. The Morgan fingerprint density at radius 3 is 2.41 bits per heavy atom. The second-order valence-electron chi connectivity index (χ2n) is 4.36. The fourth-order valence-corrected chi connectivity index (χ4v) is 1.95. The molecule has 22 heavy (non-hydrogen) atoms. The number of methoxy groups -OCH3 is 2. The van der Waals surface area contributed by atoms with Crippen molar-refractivity contribution in [2.45, 2.75) is 18.6 Å². The van der Waals surface area contributed by atoms with Crippen LogP contribution >= 0.6 is 0 Å². The van der Waals surface area contributed by atoms with Crippen molar-refractivity contribution in [3.63, 3.8) is 0 Å². The molecule has 0 fully saturated rings. The van der Waals surface area contributed by atoms with Crippen LogP contribution in [-0.4, -0.2) is 43.9 Å². The lowest BCUT2D eigenvalue weighted by Gasteiger charge is -2.28. The van der Waals surface area contributed by atoms with Gasteiger partial charge in [-0.3, -0.25) is 4.79 Å². The lowest BCUT2D eigenvalue weighted by molar-refractivity contribution is -0.150. The molecule has 0 spiro atoms. The Balaban J connectivity index is 3.19. The van der Waals surface area contributed by atoms with E-state index in [2.05, 4.69) is 21.9 Å². The number of hydrogen-bond acceptors (Lipinski definition) is 5. The number of aliphatic hydroxyl groups is 1. The molecule has 0 heterocycles. The third-order valence-electron chi connectivity index (χ3n) is 3.08. The first-order valence-corrected chi connectivity index (χ1v) is 6.60. The summed E-state index contributed by atoms with van der Waals surface area (Å²) in [6, 6.07) is 7.50. The molecule has 0 aliphatic heterocycles. The number of aliphatic hydroxyl groups excluding tert-OH is 1. The third-order valence-corrected chi connectivity index (χ3v) is 3.08. The van der Waals surface area contributed by atoms with Gasteiger partial charge in [0.05, 0.1) is 13.7 Å². The highest BCUT2D eigenvalue weighted by molar-refractivity contribution is 5.93. The highest BCUT2D eigenvalue weighted by Gasteiger charge is 2.40. The minimum Gasteiger partial charge on any atom is -0.467 e. The van der Waals surface area contributed by atoms with E-state index in [1.165, 1.54) is 14.2 Å². The number of carbonyl (C=O) groups is 2. The molecule has 118 valence electrons. The van der Waals surface area contributed by atoms with Gasteiger partial charge in [-0.05, 0) is 6.92 Å². The molecule has 2 atom stereocenters. The molecule has 1 rings (SSSR count). The fraction of sp³-hybridized carbons (Fsp3) is 0.375. The number of esters is 1. The Morgan fingerprint density at radius 1 is 1.32 bits per heavy atom. The van der Waals surface area contributed by atoms with E-state index in [9.17, 15) is 14.7 Å². The van der Waals surface area contributed by atoms with Crippen molar-refractivity contribution in [3.8, 4) is 11.8 Å². The first-order valence-electron chi connectivity index (χ1n) is 6.60. The Bertz CT molecular complexity index is 575. The second kappa shape index (κ2) is 8.17. The molecule has 0 radical (unpaired) electrons. The third kappa shape index (κ3) is 3.64. The van der Waals surface area contributed by atoms with E-state index in [0.29, 0.717) is 5.56 Å². The van der Waals surface area contributed by atoms with E-state index in [-0.39, 0.29) is 0 Å². The molecule has 0 unspecified atom stereocenters. The molecule has 1 aromatic rings. The van der Waals surface area contributed by atoms with E-state index in [4.69, 9.17) is 4.74 Å². The zero-order valence-corrected chi connectivity index (χ0v) is 12.8. The van der Waals surface area contributed by atoms with Crippen molar-refractivity contribution in [1.29, 1.82) is 0 Å². The van der Waals surface area contributed by atoms with Crippen LogP contribution in [0.2, 0.25) is 0 Å². The standard InChI is InChI=1S/C16H19NO5/c1-4-10-16(22-3,12-8-6-5-7-9-12)15(20)17-13(11-18)14(19)21-2/h5-9,13,18H,11H2,1-3H3,(H,17,20)/t13-,16-/m0/s1. The molecule has 6 heteroatoms. The van der Waals surface area contributed by atoms with E-state index >= 15 is 0 Å². The topological polar surface area (TPSA) is 84.9 Å². The molecular weight excluding hydrogens is 286 g/mol. The number of hydrogen-bond donors (Lipinski definition) is 2. The Kier molecular flexibility index (Phi) is 6.57. The fourth-order valence-electron chi connectivity index (χ4n) is 1.95. The van der Waals surface area contributed by atoms with Crippen molar-refractivity contribution in [1.82, 2.24) is 5.32 Å². The van der Waals surface area contributed by atoms with E-state index in [1.54, 1.807) is 37.3 Å². The molecule has 6 nitrogen and oxygen atoms in total. The maximum absolute atomic E-state index is 12.6. The highest BCUT2D eigenvalue weighted by atomic mass is 16.5. The molecule has 1 aromatic carbocycles. The summed E-state index contributed by atoms with van der Waals surface area (Å²) in [7, 11) is 2.52. The van der Waals surface area contributed by atoms with Gasteiger partial charge in [-0.2, -0.15) is 0 Å². The summed E-state index contributed by atoms with van der Waals surface area (Å²) in [5.41, 5.74) is -1.05. The quantitative estimate of drug-likeness (QED) is 0.579. The van der Waals surface area contributed by atoms with Crippen LogP contribution in [0.3, 0.4) is 0 Å². The maximum atomic E-state index is 12.6. The van der Waals surface area contributed by atoms with E-state index in [1.807, 2.05) is 0 Å². The monoisotopic (exact) mass is 305 g/mol. The summed E-state index contributed by atoms with van der Waals surface area (Å²) in [6.07, 6.45) is 0. The molecule has 0 aliphatic rings. The van der Waals surface area contributed by atoms with Gasteiger partial charge in [0, 0.05) is 12.7 Å². The molecular formula is C16H19NO5. The normalized spacial score (nSPS) is 14.0. The minimum absolute atomic E-state index is 0.519. The first kappa shape index (κ1) is 17.7. The lowest BCUT2D eigenvalue weighted by Crippen LogP contribution is -2.52. The summed E-state index contributed by atoms with van der Waals surface area (Å²) in [6.45, 7) is 0.986. The molecule has 0 saturated heterocycles. The lowest BCUT2D eigenvalue weighted by atomic mass is 9.92. The van der Waals surface area contributed by atoms with Crippen LogP contribution in [0, 0.1) is 11.8 Å². The van der Waals surface area contributed by atoms with Gasteiger partial charge in [0.25, 0.3) is 5.91 Å². The molecule has 0 aromatic heterocycles. The number of benzene rings is 1. The van der Waals surface area contributed by atoms with Crippen molar-refractivity contribution in [2.75, 3.05) is 20.8 Å². The number of ether oxygens (including phenoxy) is 2. The van der Waals surface area contributed by atoms with Crippen LogP contribution in [0.4, 0.5) is 0 Å². The number of rotatable bonds is 6. The van der Waals surface area contributed by atoms with E-state index < -0.39 is 30.1 Å². The predicted octanol–water partition coefficient (Wildman–Crippen LogP) is 0.202. The molecule has 1 amide bonds. The van der Waals surface area contributed by atoms with Crippen LogP contribution in [0.5, 0.6) is 0 Å². The molecule has 2 N–H and O–H groups in total. The summed E-state index contributed by atoms with van der Waals surface area (Å²) >= 11 is 0. The van der Waals surface area contributed by atoms with Crippen LogP contribution in [-0.2, 0) is 24.7 Å². The van der Waals surface area contributed by atoms with Crippen molar-refractivity contribution in [2.24, 2.45) is 0 Å². The van der Waals surface area contributed by atoms with Crippen LogP contribution in [0.15, 0.2) is 30.3 Å². The van der Waals surface area contributed by atoms with Crippen LogP contribution < -0.4 is 5.32 Å². The largest absolute Gasteiger partial charge is 0.467 e. The Labute approximate surface area is 129 Å². The number of nitrogens with one attached hydrogen (secondary N) is 1. The van der Waals surface area contributed by atoms with Crippen LogP contribution in [0.1, 0.15) is 12.5 Å². The highest BCUT2D eigenvalue weighted by Crippen LogP contribution is 2.25. The SMILES string of the molecule is CC#C[C@@](OC)(C(=O)N[C@@H](CO)C(=O)OC)c1ccccc1. The Hall–Kier alpha value is -2.36. The molecule has 0 saturated carbocycles. The predicted molar refractivity (Wildman–Crippen MR) is 79.6 cm³/mol. The zero-order valence-electron chi connectivity index (χ0n) is 12.8. The van der Waals surface area contributed by atoms with Gasteiger partial charge in [0.15, 0.2) is 6.04 Å². The van der Waals surface area contributed by atoms with Gasteiger partial charge in [-0.1, -0.05) is 36.3 Å². The maximum Gasteiger partial charge on any atom is 0.330 e. The van der Waals surface area contributed by atoms with Crippen molar-refractivity contribution < 1.29 is 24.2 Å². The van der Waals surface area contributed by atoms with Crippen molar-refractivity contribution >= 4 is 11.9 Å². The second-order valence-corrected chi connectivity index (χ2v) is 4.36. The summed E-state index contributed by atoms with van der Waals surface area (Å²) in [4.78, 5) is 24.1. The number of carbonyl (C=O) groups excluding carboxylic acids is 2. The minimum atomic E-state index is -1.57. The van der Waals surface area contributed by atoms with Gasteiger partial charge in [-0.15, -0.1) is 5.92 Å². The number of amides is 1. The van der Waals surface area contributed by atoms with Gasteiger partial charge in [0.1, 0.15) is 0 Å². The summed E-state index contributed by atoms with van der Waals surface area (Å²) < 4.78 is 9.89. The van der Waals surface area contributed by atoms with Gasteiger partial charge in [0.2, 0.25) is 5.60 Å². The van der Waals surface area contributed by atoms with Crippen LogP contribution in [0.25, 0.3) is 0 Å². The average Bonchev–Trinajstić information content (AvgIpc) is 2.57.